The van der Waals surface area contributed by atoms with Crippen molar-refractivity contribution in [3.05, 3.63) is 83.6 Å². The number of para-hydroxylation sites is 1. The molecule has 0 unspecified atom stereocenters. The van der Waals surface area contributed by atoms with E-state index in [4.69, 9.17) is 4.74 Å². The molecule has 0 fully saturated rings. The summed E-state index contributed by atoms with van der Waals surface area (Å²) in [6, 6.07) is 23.4. The lowest BCUT2D eigenvalue weighted by atomic mass is 10.2. The second kappa shape index (κ2) is 6.91. The van der Waals surface area contributed by atoms with Gasteiger partial charge in [0.2, 0.25) is 0 Å². The van der Waals surface area contributed by atoms with Gasteiger partial charge in [-0.1, -0.05) is 34.1 Å². The molecule has 1 heterocycles. The van der Waals surface area contributed by atoms with E-state index in [1.807, 2.05) is 72.8 Å². The molecule has 4 aromatic rings. The number of ether oxygens (including phenoxy) is 1. The first-order valence-electron chi connectivity index (χ1n) is 7.78. The second-order valence-corrected chi connectivity index (χ2v) is 6.36. The van der Waals surface area contributed by atoms with Crippen LogP contribution in [-0.4, -0.2) is 9.97 Å². The highest BCUT2D eigenvalue weighted by molar-refractivity contribution is 9.10. The molecule has 5 heteroatoms. The lowest BCUT2D eigenvalue weighted by Crippen LogP contribution is -1.96. The Bertz CT molecular complexity index is 1000. The number of nitrogens with one attached hydrogen (secondary N) is 1. The zero-order chi connectivity index (χ0) is 17.1. The van der Waals surface area contributed by atoms with Crippen LogP contribution in [0, 0.1) is 0 Å². The Labute approximate surface area is 153 Å². The topological polar surface area (TPSA) is 47.0 Å². The van der Waals surface area contributed by atoms with Gasteiger partial charge in [0, 0.05) is 15.5 Å². The lowest BCUT2D eigenvalue weighted by Gasteiger charge is -2.10. The summed E-state index contributed by atoms with van der Waals surface area (Å²) in [5.74, 6) is 2.37. The van der Waals surface area contributed by atoms with E-state index in [1.54, 1.807) is 6.33 Å². The van der Waals surface area contributed by atoms with Crippen molar-refractivity contribution in [3.63, 3.8) is 0 Å². The van der Waals surface area contributed by atoms with Crippen molar-refractivity contribution in [1.82, 2.24) is 9.97 Å². The van der Waals surface area contributed by atoms with Crippen molar-refractivity contribution in [3.8, 4) is 11.5 Å². The smallest absolute Gasteiger partial charge is 0.141 e. The fourth-order valence-corrected chi connectivity index (χ4v) is 2.86. The second-order valence-electron chi connectivity index (χ2n) is 5.45. The van der Waals surface area contributed by atoms with Gasteiger partial charge in [-0.2, -0.15) is 0 Å². The van der Waals surface area contributed by atoms with Gasteiger partial charge in [-0.25, -0.2) is 9.97 Å². The number of aromatic nitrogens is 2. The molecule has 0 amide bonds. The molecule has 0 bridgehead atoms. The Morgan fingerprint density at radius 1 is 0.800 bits per heavy atom. The molecule has 0 spiro atoms. The van der Waals surface area contributed by atoms with Crippen molar-refractivity contribution in [2.75, 3.05) is 5.32 Å². The normalized spacial score (nSPS) is 10.6. The number of anilines is 2. The zero-order valence-electron chi connectivity index (χ0n) is 13.2. The largest absolute Gasteiger partial charge is 0.457 e. The van der Waals surface area contributed by atoms with Crippen LogP contribution in [0.15, 0.2) is 83.6 Å². The minimum absolute atomic E-state index is 0.767. The predicted octanol–water partition coefficient (Wildman–Crippen LogP) is 5.93. The van der Waals surface area contributed by atoms with Gasteiger partial charge in [0.1, 0.15) is 23.6 Å². The van der Waals surface area contributed by atoms with E-state index in [9.17, 15) is 0 Å². The van der Waals surface area contributed by atoms with Crippen LogP contribution in [0.4, 0.5) is 11.5 Å². The highest BCUT2D eigenvalue weighted by atomic mass is 79.9. The highest BCUT2D eigenvalue weighted by Crippen LogP contribution is 2.27. The maximum absolute atomic E-state index is 5.81. The molecule has 0 radical (unpaired) electrons. The Kier molecular flexibility index (Phi) is 4.31. The summed E-state index contributed by atoms with van der Waals surface area (Å²) in [6.45, 7) is 0. The van der Waals surface area contributed by atoms with E-state index in [0.717, 1.165) is 38.4 Å². The van der Waals surface area contributed by atoms with Crippen LogP contribution >= 0.6 is 15.9 Å². The van der Waals surface area contributed by atoms with E-state index in [-0.39, 0.29) is 0 Å². The van der Waals surface area contributed by atoms with Gasteiger partial charge in [0.25, 0.3) is 0 Å². The molecule has 122 valence electrons. The van der Waals surface area contributed by atoms with Gasteiger partial charge in [0.15, 0.2) is 0 Å². The number of fused-ring (bicyclic) bond motifs is 1. The third-order valence-corrected chi connectivity index (χ3v) is 4.19. The fraction of sp³-hybridized carbons (Fsp3) is 0. The highest BCUT2D eigenvalue weighted by Gasteiger charge is 2.05. The number of hydrogen-bond donors (Lipinski definition) is 1. The summed E-state index contributed by atoms with van der Waals surface area (Å²) < 4.78 is 6.80. The summed E-state index contributed by atoms with van der Waals surface area (Å²) >= 11 is 3.49. The van der Waals surface area contributed by atoms with E-state index in [0.29, 0.717) is 0 Å². The van der Waals surface area contributed by atoms with Gasteiger partial charge < -0.3 is 10.1 Å². The van der Waals surface area contributed by atoms with E-state index in [1.165, 1.54) is 0 Å². The lowest BCUT2D eigenvalue weighted by molar-refractivity contribution is 0.483. The summed E-state index contributed by atoms with van der Waals surface area (Å²) in [6.07, 6.45) is 1.56. The van der Waals surface area contributed by atoms with Crippen LogP contribution in [-0.2, 0) is 0 Å². The molecular weight excluding hydrogens is 378 g/mol. The first-order chi connectivity index (χ1) is 12.3. The van der Waals surface area contributed by atoms with Crippen LogP contribution in [0.25, 0.3) is 10.9 Å². The number of rotatable bonds is 4. The Balaban J connectivity index is 1.56. The average Bonchev–Trinajstić information content (AvgIpc) is 2.65. The van der Waals surface area contributed by atoms with Gasteiger partial charge >= 0.3 is 0 Å². The van der Waals surface area contributed by atoms with E-state index >= 15 is 0 Å². The van der Waals surface area contributed by atoms with Gasteiger partial charge in [-0.05, 0) is 54.6 Å². The number of benzene rings is 3. The average molecular weight is 392 g/mol. The molecule has 25 heavy (non-hydrogen) atoms. The minimum atomic E-state index is 0.767. The SMILES string of the molecule is Brc1ccc2ncnc(Nc3ccc(Oc4ccccc4)cc3)c2c1. The first-order valence-corrected chi connectivity index (χ1v) is 8.57. The van der Waals surface area contributed by atoms with Crippen molar-refractivity contribution < 1.29 is 4.74 Å². The predicted molar refractivity (Wildman–Crippen MR) is 103 cm³/mol. The standard InChI is InChI=1S/C20H14BrN3O/c21-14-6-11-19-18(12-14)20(23-13-22-19)24-15-7-9-17(10-8-15)25-16-4-2-1-3-5-16/h1-13H,(H,22,23,24). The van der Waals surface area contributed by atoms with E-state index < -0.39 is 0 Å². The van der Waals surface area contributed by atoms with Crippen LogP contribution < -0.4 is 10.1 Å². The Hall–Kier alpha value is -2.92. The van der Waals surface area contributed by atoms with Gasteiger partial charge in [-0.3, -0.25) is 0 Å². The van der Waals surface area contributed by atoms with Crippen LogP contribution in [0.1, 0.15) is 0 Å². The summed E-state index contributed by atoms with van der Waals surface area (Å²) in [7, 11) is 0. The first kappa shape index (κ1) is 15.6. The molecule has 0 aliphatic heterocycles. The monoisotopic (exact) mass is 391 g/mol. The summed E-state index contributed by atoms with van der Waals surface area (Å²) in [5, 5.41) is 4.30. The number of halogens is 1. The van der Waals surface area contributed by atoms with Crippen LogP contribution in [0.5, 0.6) is 11.5 Å². The molecule has 1 aromatic heterocycles. The minimum Gasteiger partial charge on any atom is -0.457 e. The fourth-order valence-electron chi connectivity index (χ4n) is 2.50. The molecule has 0 saturated carbocycles. The van der Waals surface area contributed by atoms with Crippen molar-refractivity contribution in [1.29, 1.82) is 0 Å². The van der Waals surface area contributed by atoms with Crippen molar-refractivity contribution in [2.45, 2.75) is 0 Å². The van der Waals surface area contributed by atoms with Crippen LogP contribution in [0.3, 0.4) is 0 Å². The molecular formula is C20H14BrN3O. The molecule has 4 rings (SSSR count). The third kappa shape index (κ3) is 3.61. The maximum Gasteiger partial charge on any atom is 0.141 e. The molecule has 3 aromatic carbocycles. The summed E-state index contributed by atoms with van der Waals surface area (Å²) in [4.78, 5) is 8.65. The summed E-state index contributed by atoms with van der Waals surface area (Å²) in [5.41, 5.74) is 1.82. The van der Waals surface area contributed by atoms with Crippen molar-refractivity contribution in [2.24, 2.45) is 0 Å². The van der Waals surface area contributed by atoms with E-state index in [2.05, 4.69) is 31.2 Å². The van der Waals surface area contributed by atoms with Crippen LogP contribution in [0.2, 0.25) is 0 Å². The van der Waals surface area contributed by atoms with Gasteiger partial charge in [0.05, 0.1) is 5.52 Å². The third-order valence-electron chi connectivity index (χ3n) is 3.69. The molecule has 0 atom stereocenters. The Morgan fingerprint density at radius 2 is 1.56 bits per heavy atom. The number of hydrogen-bond acceptors (Lipinski definition) is 4. The quantitative estimate of drug-likeness (QED) is 0.468. The Morgan fingerprint density at radius 3 is 2.36 bits per heavy atom. The molecule has 1 N–H and O–H groups in total. The molecule has 0 saturated heterocycles. The zero-order valence-corrected chi connectivity index (χ0v) is 14.8. The molecule has 4 nitrogen and oxygen atoms in total. The maximum atomic E-state index is 5.81. The number of nitrogens with zero attached hydrogens (tertiary/aromatic N) is 2. The molecule has 0 aliphatic rings. The van der Waals surface area contributed by atoms with Gasteiger partial charge in [-0.15, -0.1) is 0 Å². The van der Waals surface area contributed by atoms with Crippen molar-refractivity contribution >= 4 is 38.3 Å². The molecule has 0 aliphatic carbocycles.